The summed E-state index contributed by atoms with van der Waals surface area (Å²) in [6, 6.07) is 6.69. The quantitative estimate of drug-likeness (QED) is 0.818. The van der Waals surface area contributed by atoms with Gasteiger partial charge in [-0.3, -0.25) is 0 Å². The first-order chi connectivity index (χ1) is 8.26. The van der Waals surface area contributed by atoms with Gasteiger partial charge in [0.05, 0.1) is 13.2 Å². The van der Waals surface area contributed by atoms with Gasteiger partial charge in [-0.05, 0) is 32.3 Å². The van der Waals surface area contributed by atoms with E-state index in [0.717, 1.165) is 16.8 Å². The van der Waals surface area contributed by atoms with Crippen LogP contribution in [0, 0.1) is 6.92 Å². The van der Waals surface area contributed by atoms with Crippen LogP contribution in [0.3, 0.4) is 0 Å². The molecule has 3 nitrogen and oxygen atoms in total. The molecule has 0 aromatic heterocycles. The smallest absolute Gasteiger partial charge is 0.0702 e. The number of benzene rings is 1. The van der Waals surface area contributed by atoms with Crippen molar-refractivity contribution in [3.63, 3.8) is 0 Å². The van der Waals surface area contributed by atoms with Crippen LogP contribution in [0.5, 0.6) is 0 Å². The lowest BCUT2D eigenvalue weighted by atomic mass is 9.90. The van der Waals surface area contributed by atoms with Gasteiger partial charge in [0.1, 0.15) is 0 Å². The summed E-state index contributed by atoms with van der Waals surface area (Å²) in [6.07, 6.45) is 3.66. The molecule has 0 bridgehead atoms. The van der Waals surface area contributed by atoms with Gasteiger partial charge >= 0.3 is 0 Å². The molecule has 1 fully saturated rings. The summed E-state index contributed by atoms with van der Waals surface area (Å²) < 4.78 is 0. The highest BCUT2D eigenvalue weighted by Gasteiger charge is 2.26. The molecular weight excluding hydrogens is 214 g/mol. The highest BCUT2D eigenvalue weighted by molar-refractivity contribution is 5.56. The van der Waals surface area contributed by atoms with Crippen LogP contribution in [-0.2, 0) is 6.61 Å². The minimum absolute atomic E-state index is 0.0612. The Bertz CT molecular complexity index is 374. The van der Waals surface area contributed by atoms with Gasteiger partial charge < -0.3 is 15.1 Å². The Kier molecular flexibility index (Phi) is 4.02. The lowest BCUT2D eigenvalue weighted by molar-refractivity contribution is 0.274. The van der Waals surface area contributed by atoms with Crippen molar-refractivity contribution in [2.45, 2.75) is 38.8 Å². The molecule has 1 saturated carbocycles. The van der Waals surface area contributed by atoms with E-state index in [1.54, 1.807) is 0 Å². The molecule has 2 N–H and O–H groups in total. The van der Waals surface area contributed by atoms with E-state index >= 15 is 0 Å². The average Bonchev–Trinajstić information content (AvgIpc) is 2.26. The fourth-order valence-corrected chi connectivity index (χ4v) is 2.43. The molecule has 1 aliphatic rings. The lowest BCUT2D eigenvalue weighted by Gasteiger charge is -2.40. The molecule has 94 valence electrons. The van der Waals surface area contributed by atoms with Crippen LogP contribution in [0.2, 0.25) is 0 Å². The third kappa shape index (κ3) is 2.61. The van der Waals surface area contributed by atoms with Crippen LogP contribution >= 0.6 is 0 Å². The molecule has 0 unspecified atom stereocenters. The molecule has 0 radical (unpaired) electrons. The second-order valence-electron chi connectivity index (χ2n) is 4.79. The molecule has 0 spiro atoms. The van der Waals surface area contributed by atoms with E-state index in [-0.39, 0.29) is 13.2 Å². The van der Waals surface area contributed by atoms with Crippen LogP contribution in [0.15, 0.2) is 18.2 Å². The predicted octanol–water partition coefficient (Wildman–Crippen LogP) is 1.84. The van der Waals surface area contributed by atoms with Gasteiger partial charge in [0, 0.05) is 23.8 Å². The van der Waals surface area contributed by atoms with Gasteiger partial charge in [-0.2, -0.15) is 0 Å². The molecule has 1 aromatic rings. The largest absolute Gasteiger partial charge is 0.395 e. The van der Waals surface area contributed by atoms with Gasteiger partial charge in [0.2, 0.25) is 0 Å². The molecule has 0 saturated heterocycles. The molecule has 17 heavy (non-hydrogen) atoms. The molecule has 0 atom stereocenters. The van der Waals surface area contributed by atoms with Crippen LogP contribution in [0.4, 0.5) is 5.69 Å². The first-order valence-electron chi connectivity index (χ1n) is 6.34. The first kappa shape index (κ1) is 12.4. The molecule has 1 aromatic carbocycles. The van der Waals surface area contributed by atoms with Crippen LogP contribution in [0.25, 0.3) is 0 Å². The monoisotopic (exact) mass is 235 g/mol. The molecule has 0 amide bonds. The van der Waals surface area contributed by atoms with Crippen molar-refractivity contribution in [3.8, 4) is 0 Å². The zero-order valence-corrected chi connectivity index (χ0v) is 10.4. The Morgan fingerprint density at radius 3 is 2.59 bits per heavy atom. The minimum Gasteiger partial charge on any atom is -0.395 e. The fraction of sp³-hybridized carbons (Fsp3) is 0.571. The topological polar surface area (TPSA) is 43.7 Å². The number of anilines is 1. The summed E-state index contributed by atoms with van der Waals surface area (Å²) in [5, 5.41) is 18.6. The summed E-state index contributed by atoms with van der Waals surface area (Å²) in [6.45, 7) is 2.91. The number of rotatable bonds is 5. The lowest BCUT2D eigenvalue weighted by Crippen LogP contribution is -2.42. The van der Waals surface area contributed by atoms with Crippen LogP contribution < -0.4 is 4.90 Å². The second kappa shape index (κ2) is 5.52. The third-order valence-electron chi connectivity index (χ3n) is 3.57. The summed E-state index contributed by atoms with van der Waals surface area (Å²) in [7, 11) is 0. The van der Waals surface area contributed by atoms with Crippen molar-refractivity contribution >= 4 is 5.69 Å². The van der Waals surface area contributed by atoms with Crippen LogP contribution in [0.1, 0.15) is 30.4 Å². The van der Waals surface area contributed by atoms with E-state index in [9.17, 15) is 10.2 Å². The summed E-state index contributed by atoms with van der Waals surface area (Å²) >= 11 is 0. The standard InChI is InChI=1S/C14H21NO2/c1-11-5-6-14(12(9-11)10-17)15(7-8-16)13-3-2-4-13/h5-6,9,13,16-17H,2-4,7-8,10H2,1H3. The highest BCUT2D eigenvalue weighted by atomic mass is 16.3. The van der Waals surface area contributed by atoms with E-state index in [2.05, 4.69) is 17.0 Å². The van der Waals surface area contributed by atoms with Crippen molar-refractivity contribution in [2.24, 2.45) is 0 Å². The summed E-state index contributed by atoms with van der Waals surface area (Å²) in [4.78, 5) is 2.24. The normalized spacial score (nSPS) is 15.7. The zero-order chi connectivity index (χ0) is 12.3. The Balaban J connectivity index is 2.27. The fourth-order valence-electron chi connectivity index (χ4n) is 2.43. The molecule has 2 rings (SSSR count). The maximum absolute atomic E-state index is 9.44. The van der Waals surface area contributed by atoms with E-state index < -0.39 is 0 Å². The van der Waals surface area contributed by atoms with Gasteiger partial charge in [-0.15, -0.1) is 0 Å². The van der Waals surface area contributed by atoms with E-state index in [4.69, 9.17) is 0 Å². The highest BCUT2D eigenvalue weighted by Crippen LogP contribution is 2.31. The number of aryl methyl sites for hydroxylation is 1. The van der Waals surface area contributed by atoms with Crippen molar-refractivity contribution < 1.29 is 10.2 Å². The van der Waals surface area contributed by atoms with Crippen LogP contribution in [-0.4, -0.2) is 29.4 Å². The Morgan fingerprint density at radius 2 is 2.06 bits per heavy atom. The molecule has 3 heteroatoms. The van der Waals surface area contributed by atoms with E-state index in [1.807, 2.05) is 13.0 Å². The number of nitrogens with zero attached hydrogens (tertiary/aromatic N) is 1. The Morgan fingerprint density at radius 1 is 1.29 bits per heavy atom. The van der Waals surface area contributed by atoms with Crippen molar-refractivity contribution in [3.05, 3.63) is 29.3 Å². The molecule has 0 aliphatic heterocycles. The van der Waals surface area contributed by atoms with Gasteiger partial charge in [-0.25, -0.2) is 0 Å². The number of hydrogen-bond donors (Lipinski definition) is 2. The zero-order valence-electron chi connectivity index (χ0n) is 10.4. The van der Waals surface area contributed by atoms with Crippen molar-refractivity contribution in [2.75, 3.05) is 18.1 Å². The minimum atomic E-state index is 0.0612. The Hall–Kier alpha value is -1.06. The maximum Gasteiger partial charge on any atom is 0.0702 e. The SMILES string of the molecule is Cc1ccc(N(CCO)C2CCC2)c(CO)c1. The predicted molar refractivity (Wildman–Crippen MR) is 69.2 cm³/mol. The van der Waals surface area contributed by atoms with Crippen molar-refractivity contribution in [1.82, 2.24) is 0 Å². The third-order valence-corrected chi connectivity index (χ3v) is 3.57. The number of aliphatic hydroxyl groups excluding tert-OH is 2. The first-order valence-corrected chi connectivity index (χ1v) is 6.34. The number of aliphatic hydroxyl groups is 2. The molecule has 0 heterocycles. The second-order valence-corrected chi connectivity index (χ2v) is 4.79. The molecular formula is C14H21NO2. The Labute approximate surface area is 103 Å². The van der Waals surface area contributed by atoms with E-state index in [1.165, 1.54) is 19.3 Å². The van der Waals surface area contributed by atoms with Crippen molar-refractivity contribution in [1.29, 1.82) is 0 Å². The summed E-state index contributed by atoms with van der Waals surface area (Å²) in [5.41, 5.74) is 3.21. The summed E-state index contributed by atoms with van der Waals surface area (Å²) in [5.74, 6) is 0. The average molecular weight is 235 g/mol. The van der Waals surface area contributed by atoms with Gasteiger partial charge in [-0.1, -0.05) is 17.7 Å². The van der Waals surface area contributed by atoms with Gasteiger partial charge in [0.15, 0.2) is 0 Å². The number of hydrogen-bond acceptors (Lipinski definition) is 3. The maximum atomic E-state index is 9.44. The van der Waals surface area contributed by atoms with Gasteiger partial charge in [0.25, 0.3) is 0 Å². The molecule has 1 aliphatic carbocycles. The van der Waals surface area contributed by atoms with E-state index in [0.29, 0.717) is 12.6 Å².